The van der Waals surface area contributed by atoms with Gasteiger partial charge in [0.1, 0.15) is 0 Å². The fourth-order valence-electron chi connectivity index (χ4n) is 1.48. The van der Waals surface area contributed by atoms with Crippen molar-refractivity contribution in [2.75, 3.05) is 18.0 Å². The highest BCUT2D eigenvalue weighted by Crippen LogP contribution is 2.13. The number of primary amides is 1. The van der Waals surface area contributed by atoms with E-state index in [9.17, 15) is 4.79 Å². The summed E-state index contributed by atoms with van der Waals surface area (Å²) < 4.78 is 0. The van der Waals surface area contributed by atoms with E-state index in [-0.39, 0.29) is 5.91 Å². The van der Waals surface area contributed by atoms with Crippen molar-refractivity contribution in [3.63, 3.8) is 0 Å². The van der Waals surface area contributed by atoms with E-state index in [2.05, 4.69) is 6.92 Å². The third-order valence-corrected chi connectivity index (χ3v) is 2.25. The SMILES string of the molecule is CCCCN(CC(N)=O)c1ccccc1. The summed E-state index contributed by atoms with van der Waals surface area (Å²) in [5.74, 6) is -0.282. The fourth-order valence-corrected chi connectivity index (χ4v) is 1.48. The van der Waals surface area contributed by atoms with Gasteiger partial charge in [-0.15, -0.1) is 0 Å². The molecule has 0 saturated carbocycles. The van der Waals surface area contributed by atoms with Gasteiger partial charge in [0.25, 0.3) is 0 Å². The lowest BCUT2D eigenvalue weighted by molar-refractivity contribution is -0.116. The number of unbranched alkanes of at least 4 members (excludes halogenated alkanes) is 1. The van der Waals surface area contributed by atoms with Crippen LogP contribution in [0, 0.1) is 0 Å². The average molecular weight is 206 g/mol. The largest absolute Gasteiger partial charge is 0.368 e. The van der Waals surface area contributed by atoms with Gasteiger partial charge in [0.15, 0.2) is 0 Å². The molecule has 0 aliphatic heterocycles. The van der Waals surface area contributed by atoms with E-state index in [0.29, 0.717) is 6.54 Å². The standard InChI is InChI=1S/C12H18N2O/c1-2-3-9-14(10-12(13)15)11-7-5-4-6-8-11/h4-8H,2-3,9-10H2,1H3,(H2,13,15). The van der Waals surface area contributed by atoms with Gasteiger partial charge < -0.3 is 10.6 Å². The van der Waals surface area contributed by atoms with Crippen molar-refractivity contribution < 1.29 is 4.79 Å². The zero-order valence-electron chi connectivity index (χ0n) is 9.15. The first-order chi connectivity index (χ1) is 7.24. The van der Waals surface area contributed by atoms with Crippen LogP contribution < -0.4 is 10.6 Å². The third-order valence-electron chi connectivity index (χ3n) is 2.25. The van der Waals surface area contributed by atoms with Crippen LogP contribution in [0.3, 0.4) is 0 Å². The molecule has 3 heteroatoms. The Bertz CT molecular complexity index is 298. The molecule has 1 rings (SSSR count). The molecule has 0 aliphatic carbocycles. The smallest absolute Gasteiger partial charge is 0.236 e. The van der Waals surface area contributed by atoms with E-state index in [1.165, 1.54) is 0 Å². The highest BCUT2D eigenvalue weighted by molar-refractivity contribution is 5.79. The maximum Gasteiger partial charge on any atom is 0.236 e. The first-order valence-electron chi connectivity index (χ1n) is 5.32. The number of para-hydroxylation sites is 1. The van der Waals surface area contributed by atoms with Gasteiger partial charge in [-0.3, -0.25) is 4.79 Å². The molecule has 1 aromatic rings. The first-order valence-corrected chi connectivity index (χ1v) is 5.32. The molecular weight excluding hydrogens is 188 g/mol. The Morgan fingerprint density at radius 3 is 2.53 bits per heavy atom. The van der Waals surface area contributed by atoms with Gasteiger partial charge in [-0.05, 0) is 18.6 Å². The van der Waals surface area contributed by atoms with Crippen molar-refractivity contribution in [2.24, 2.45) is 5.73 Å². The number of nitrogens with two attached hydrogens (primary N) is 1. The Labute approximate surface area is 90.9 Å². The minimum absolute atomic E-state index is 0.282. The van der Waals surface area contributed by atoms with Crippen LogP contribution >= 0.6 is 0 Å². The molecule has 0 fully saturated rings. The van der Waals surface area contributed by atoms with Crippen molar-refractivity contribution in [3.8, 4) is 0 Å². The minimum atomic E-state index is -0.282. The summed E-state index contributed by atoms with van der Waals surface area (Å²) in [6.07, 6.45) is 2.18. The molecular formula is C12H18N2O. The zero-order valence-corrected chi connectivity index (χ0v) is 9.15. The zero-order chi connectivity index (χ0) is 11.1. The maximum absolute atomic E-state index is 10.9. The molecule has 82 valence electrons. The van der Waals surface area contributed by atoms with Crippen molar-refractivity contribution in [3.05, 3.63) is 30.3 Å². The second-order valence-electron chi connectivity index (χ2n) is 3.58. The summed E-state index contributed by atoms with van der Waals surface area (Å²) in [4.78, 5) is 12.9. The van der Waals surface area contributed by atoms with Crippen LogP contribution in [0.1, 0.15) is 19.8 Å². The Morgan fingerprint density at radius 2 is 2.00 bits per heavy atom. The monoisotopic (exact) mass is 206 g/mol. The van der Waals surface area contributed by atoms with Crippen LogP contribution in [0.4, 0.5) is 5.69 Å². The second-order valence-corrected chi connectivity index (χ2v) is 3.58. The van der Waals surface area contributed by atoms with E-state index in [4.69, 9.17) is 5.73 Å². The Balaban J connectivity index is 2.67. The predicted octanol–water partition coefficient (Wildman–Crippen LogP) is 1.78. The van der Waals surface area contributed by atoms with Crippen LogP contribution in [0.25, 0.3) is 0 Å². The number of rotatable bonds is 6. The Hall–Kier alpha value is -1.51. The van der Waals surface area contributed by atoms with Gasteiger partial charge >= 0.3 is 0 Å². The molecule has 0 spiro atoms. The van der Waals surface area contributed by atoms with Gasteiger partial charge in [-0.2, -0.15) is 0 Å². The van der Waals surface area contributed by atoms with E-state index < -0.39 is 0 Å². The molecule has 0 radical (unpaired) electrons. The molecule has 0 unspecified atom stereocenters. The number of hydrogen-bond acceptors (Lipinski definition) is 2. The van der Waals surface area contributed by atoms with Gasteiger partial charge in [0, 0.05) is 12.2 Å². The third kappa shape index (κ3) is 4.02. The lowest BCUT2D eigenvalue weighted by Gasteiger charge is -2.22. The highest BCUT2D eigenvalue weighted by Gasteiger charge is 2.07. The molecule has 0 saturated heterocycles. The molecule has 0 atom stereocenters. The first kappa shape index (κ1) is 11.6. The summed E-state index contributed by atoms with van der Waals surface area (Å²) in [6, 6.07) is 9.90. The van der Waals surface area contributed by atoms with Crippen LogP contribution in [0.2, 0.25) is 0 Å². The topological polar surface area (TPSA) is 46.3 Å². The summed E-state index contributed by atoms with van der Waals surface area (Å²) in [6.45, 7) is 3.31. The molecule has 0 bridgehead atoms. The number of carbonyl (C=O) groups excluding carboxylic acids is 1. The van der Waals surface area contributed by atoms with Crippen LogP contribution in [0.15, 0.2) is 30.3 Å². The fraction of sp³-hybridized carbons (Fsp3) is 0.417. The number of benzene rings is 1. The molecule has 2 N–H and O–H groups in total. The van der Waals surface area contributed by atoms with Gasteiger partial charge in [-0.25, -0.2) is 0 Å². The van der Waals surface area contributed by atoms with Gasteiger partial charge in [0.2, 0.25) is 5.91 Å². The summed E-state index contributed by atoms with van der Waals surface area (Å²) >= 11 is 0. The molecule has 0 heterocycles. The normalized spacial score (nSPS) is 9.93. The molecule has 15 heavy (non-hydrogen) atoms. The van der Waals surface area contributed by atoms with E-state index in [1.807, 2.05) is 35.2 Å². The number of hydrogen-bond donors (Lipinski definition) is 1. The molecule has 1 amide bonds. The lowest BCUT2D eigenvalue weighted by atomic mass is 10.2. The Kier molecular flexibility index (Phi) is 4.68. The number of anilines is 1. The van der Waals surface area contributed by atoms with E-state index in [1.54, 1.807) is 0 Å². The summed E-state index contributed by atoms with van der Waals surface area (Å²) in [5.41, 5.74) is 6.28. The number of amides is 1. The van der Waals surface area contributed by atoms with Gasteiger partial charge in [0.05, 0.1) is 6.54 Å². The average Bonchev–Trinajstić information content (AvgIpc) is 2.25. The highest BCUT2D eigenvalue weighted by atomic mass is 16.1. The van der Waals surface area contributed by atoms with Crippen LogP contribution in [0.5, 0.6) is 0 Å². The van der Waals surface area contributed by atoms with Crippen molar-refractivity contribution in [1.82, 2.24) is 0 Å². The second kappa shape index (κ2) is 6.06. The maximum atomic E-state index is 10.9. The minimum Gasteiger partial charge on any atom is -0.368 e. The van der Waals surface area contributed by atoms with Crippen molar-refractivity contribution in [1.29, 1.82) is 0 Å². The molecule has 3 nitrogen and oxygen atoms in total. The molecule has 1 aromatic carbocycles. The number of nitrogens with zero attached hydrogens (tertiary/aromatic N) is 1. The number of carbonyl (C=O) groups is 1. The van der Waals surface area contributed by atoms with Crippen LogP contribution in [-0.2, 0) is 4.79 Å². The molecule has 0 aromatic heterocycles. The van der Waals surface area contributed by atoms with E-state index in [0.717, 1.165) is 25.1 Å². The summed E-state index contributed by atoms with van der Waals surface area (Å²) in [7, 11) is 0. The Morgan fingerprint density at radius 1 is 1.33 bits per heavy atom. The predicted molar refractivity (Wildman–Crippen MR) is 62.8 cm³/mol. The summed E-state index contributed by atoms with van der Waals surface area (Å²) in [5, 5.41) is 0. The van der Waals surface area contributed by atoms with E-state index >= 15 is 0 Å². The lowest BCUT2D eigenvalue weighted by Crippen LogP contribution is -2.34. The van der Waals surface area contributed by atoms with Crippen molar-refractivity contribution in [2.45, 2.75) is 19.8 Å². The van der Waals surface area contributed by atoms with Gasteiger partial charge in [-0.1, -0.05) is 31.5 Å². The van der Waals surface area contributed by atoms with Crippen molar-refractivity contribution >= 4 is 11.6 Å². The quantitative estimate of drug-likeness (QED) is 0.771. The van der Waals surface area contributed by atoms with Crippen LogP contribution in [-0.4, -0.2) is 19.0 Å². The molecule has 0 aliphatic rings.